The van der Waals surface area contributed by atoms with Crippen molar-refractivity contribution in [2.45, 2.75) is 45.1 Å². The van der Waals surface area contributed by atoms with Gasteiger partial charge in [-0.25, -0.2) is 0 Å². The van der Waals surface area contributed by atoms with E-state index in [0.717, 1.165) is 16.9 Å². The Bertz CT molecular complexity index is 1140. The highest BCUT2D eigenvalue weighted by atomic mass is 16.5. The monoisotopic (exact) mass is 448 g/mol. The summed E-state index contributed by atoms with van der Waals surface area (Å²) in [6.45, 7) is 1.85. The zero-order valence-corrected chi connectivity index (χ0v) is 18.3. The van der Waals surface area contributed by atoms with E-state index in [2.05, 4.69) is 12.2 Å². The second-order valence-electron chi connectivity index (χ2n) is 8.12. The average molecular weight is 448 g/mol. The minimum absolute atomic E-state index is 0.0372. The normalized spacial score (nSPS) is 17.7. The third-order valence-corrected chi connectivity index (χ3v) is 5.94. The number of hydrogen-bond acceptors (Lipinski definition) is 6. The van der Waals surface area contributed by atoms with E-state index >= 15 is 0 Å². The van der Waals surface area contributed by atoms with E-state index in [4.69, 9.17) is 4.74 Å². The molecule has 1 atom stereocenters. The third-order valence-electron chi connectivity index (χ3n) is 5.94. The van der Waals surface area contributed by atoms with Crippen LogP contribution >= 0.6 is 0 Å². The number of ether oxygens (including phenoxy) is 1. The third kappa shape index (κ3) is 4.55. The van der Waals surface area contributed by atoms with Crippen molar-refractivity contribution in [2.75, 3.05) is 6.61 Å². The standard InChI is InChI=1S/C25H24N2O6/c1-2-15-6-8-16(9-7-15)10-11-17(28)14-33-20-5-3-4-18-22(20)25(32)27(24(18)31)19-12-13-21(29)26-23(19)30/h3-9,19H,2,10-14H2,1H3,(H,26,29,30). The SMILES string of the molecule is CCc1ccc(CCC(=O)COc2cccc3c2C(=O)N(C2CCC(=O)NC2=O)C3=O)cc1. The number of piperidine rings is 1. The highest BCUT2D eigenvalue weighted by Gasteiger charge is 2.46. The van der Waals surface area contributed by atoms with Crippen LogP contribution in [0.4, 0.5) is 0 Å². The molecule has 8 heteroatoms. The van der Waals surface area contributed by atoms with Gasteiger partial charge in [-0.3, -0.25) is 34.2 Å². The highest BCUT2D eigenvalue weighted by Crippen LogP contribution is 2.33. The maximum absolute atomic E-state index is 13.0. The molecule has 1 fully saturated rings. The molecule has 0 aliphatic carbocycles. The number of carbonyl (C=O) groups is 5. The number of ketones is 1. The zero-order valence-electron chi connectivity index (χ0n) is 18.3. The van der Waals surface area contributed by atoms with Crippen LogP contribution in [0.5, 0.6) is 5.75 Å². The van der Waals surface area contributed by atoms with Crippen molar-refractivity contribution in [3.63, 3.8) is 0 Å². The first-order valence-corrected chi connectivity index (χ1v) is 11.0. The number of benzene rings is 2. The Balaban J connectivity index is 1.41. The summed E-state index contributed by atoms with van der Waals surface area (Å²) in [6.07, 6.45) is 1.94. The maximum Gasteiger partial charge on any atom is 0.266 e. The molecule has 0 bridgehead atoms. The van der Waals surface area contributed by atoms with Crippen LogP contribution in [0.2, 0.25) is 0 Å². The van der Waals surface area contributed by atoms with Crippen LogP contribution in [0, 0.1) is 0 Å². The Morgan fingerprint density at radius 3 is 2.45 bits per heavy atom. The Morgan fingerprint density at radius 1 is 1.03 bits per heavy atom. The van der Waals surface area contributed by atoms with Crippen LogP contribution in [0.1, 0.15) is 58.0 Å². The van der Waals surface area contributed by atoms with E-state index < -0.39 is 29.7 Å². The fourth-order valence-electron chi connectivity index (χ4n) is 4.06. The molecule has 1 saturated heterocycles. The minimum Gasteiger partial charge on any atom is -0.485 e. The Labute approximate surface area is 190 Å². The van der Waals surface area contributed by atoms with Gasteiger partial charge in [0.25, 0.3) is 11.8 Å². The Kier molecular flexibility index (Phi) is 6.35. The predicted octanol–water partition coefficient (Wildman–Crippen LogP) is 2.23. The molecule has 0 saturated carbocycles. The molecule has 4 rings (SSSR count). The van der Waals surface area contributed by atoms with Gasteiger partial charge < -0.3 is 4.74 Å². The van der Waals surface area contributed by atoms with Gasteiger partial charge in [0.1, 0.15) is 18.4 Å². The van der Waals surface area contributed by atoms with Crippen molar-refractivity contribution >= 4 is 29.4 Å². The number of carbonyl (C=O) groups excluding carboxylic acids is 5. The number of fused-ring (bicyclic) bond motifs is 1. The van der Waals surface area contributed by atoms with E-state index in [9.17, 15) is 24.0 Å². The van der Waals surface area contributed by atoms with E-state index in [1.54, 1.807) is 6.07 Å². The molecule has 0 aromatic heterocycles. The lowest BCUT2D eigenvalue weighted by Gasteiger charge is -2.27. The van der Waals surface area contributed by atoms with Crippen molar-refractivity contribution in [3.8, 4) is 5.75 Å². The van der Waals surface area contributed by atoms with Crippen LogP contribution in [0.15, 0.2) is 42.5 Å². The molecule has 2 aromatic rings. The zero-order chi connectivity index (χ0) is 23.5. The number of aryl methyl sites for hydroxylation is 2. The Hall–Kier alpha value is -3.81. The first kappa shape index (κ1) is 22.4. The van der Waals surface area contributed by atoms with Gasteiger partial charge in [0.2, 0.25) is 11.8 Å². The maximum atomic E-state index is 13.0. The summed E-state index contributed by atoms with van der Waals surface area (Å²) in [4.78, 5) is 62.8. The molecule has 0 spiro atoms. The minimum atomic E-state index is -1.05. The summed E-state index contributed by atoms with van der Waals surface area (Å²) in [5.74, 6) is -2.39. The molecule has 1 unspecified atom stereocenters. The molecule has 2 heterocycles. The van der Waals surface area contributed by atoms with Crippen LogP contribution in [0.3, 0.4) is 0 Å². The number of imide groups is 2. The number of nitrogens with zero attached hydrogens (tertiary/aromatic N) is 1. The van der Waals surface area contributed by atoms with E-state index in [1.165, 1.54) is 17.7 Å². The molecule has 1 N–H and O–H groups in total. The van der Waals surface area contributed by atoms with E-state index in [0.29, 0.717) is 6.42 Å². The van der Waals surface area contributed by atoms with Gasteiger partial charge >= 0.3 is 0 Å². The molecule has 2 aromatic carbocycles. The fourth-order valence-corrected chi connectivity index (χ4v) is 4.06. The molecule has 0 radical (unpaired) electrons. The lowest BCUT2D eigenvalue weighted by molar-refractivity contribution is -0.136. The van der Waals surface area contributed by atoms with Crippen LogP contribution < -0.4 is 10.1 Å². The Morgan fingerprint density at radius 2 is 1.76 bits per heavy atom. The lowest BCUT2D eigenvalue weighted by atomic mass is 10.0. The summed E-state index contributed by atoms with van der Waals surface area (Å²) < 4.78 is 5.63. The topological polar surface area (TPSA) is 110 Å². The van der Waals surface area contributed by atoms with E-state index in [1.807, 2.05) is 24.3 Å². The fraction of sp³-hybridized carbons (Fsp3) is 0.320. The quantitative estimate of drug-likeness (QED) is 0.620. The number of amides is 4. The summed E-state index contributed by atoms with van der Waals surface area (Å²) in [5, 5.41) is 2.16. The number of rotatable bonds is 8. The average Bonchev–Trinajstić information content (AvgIpc) is 3.07. The summed E-state index contributed by atoms with van der Waals surface area (Å²) in [7, 11) is 0. The largest absolute Gasteiger partial charge is 0.485 e. The summed E-state index contributed by atoms with van der Waals surface area (Å²) >= 11 is 0. The molecule has 2 aliphatic rings. The van der Waals surface area contributed by atoms with Crippen molar-refractivity contribution in [1.29, 1.82) is 0 Å². The first-order chi connectivity index (χ1) is 15.9. The van der Waals surface area contributed by atoms with Gasteiger partial charge in [-0.2, -0.15) is 0 Å². The summed E-state index contributed by atoms with van der Waals surface area (Å²) in [5.41, 5.74) is 2.44. The first-order valence-electron chi connectivity index (χ1n) is 11.0. The van der Waals surface area contributed by atoms with Crippen molar-refractivity contribution < 1.29 is 28.7 Å². The molecule has 170 valence electrons. The van der Waals surface area contributed by atoms with Gasteiger partial charge in [0, 0.05) is 12.8 Å². The van der Waals surface area contributed by atoms with Crippen LogP contribution in [0.25, 0.3) is 0 Å². The smallest absolute Gasteiger partial charge is 0.266 e. The van der Waals surface area contributed by atoms with Gasteiger partial charge in [0.15, 0.2) is 5.78 Å². The summed E-state index contributed by atoms with van der Waals surface area (Å²) in [6, 6.07) is 11.6. The van der Waals surface area contributed by atoms with Gasteiger partial charge in [0.05, 0.1) is 11.1 Å². The molecule has 4 amide bonds. The molecular weight excluding hydrogens is 424 g/mol. The molecule has 2 aliphatic heterocycles. The second-order valence-corrected chi connectivity index (χ2v) is 8.12. The molecule has 8 nitrogen and oxygen atoms in total. The van der Waals surface area contributed by atoms with E-state index in [-0.39, 0.29) is 48.5 Å². The number of hydrogen-bond donors (Lipinski definition) is 1. The molecular formula is C25H24N2O6. The van der Waals surface area contributed by atoms with Gasteiger partial charge in [-0.15, -0.1) is 0 Å². The second kappa shape index (κ2) is 9.36. The van der Waals surface area contributed by atoms with Crippen molar-refractivity contribution in [1.82, 2.24) is 10.2 Å². The van der Waals surface area contributed by atoms with Gasteiger partial charge in [-0.05, 0) is 42.5 Å². The predicted molar refractivity (Wildman–Crippen MR) is 118 cm³/mol. The van der Waals surface area contributed by atoms with Crippen molar-refractivity contribution in [2.24, 2.45) is 0 Å². The van der Waals surface area contributed by atoms with Gasteiger partial charge in [-0.1, -0.05) is 37.3 Å². The molecule has 33 heavy (non-hydrogen) atoms. The number of Topliss-reactive ketones (excluding diaryl/α,β-unsaturated/α-hetero) is 1. The number of nitrogens with one attached hydrogen (secondary N) is 1. The lowest BCUT2D eigenvalue weighted by Crippen LogP contribution is -2.54. The van der Waals surface area contributed by atoms with Crippen molar-refractivity contribution in [3.05, 3.63) is 64.7 Å². The van der Waals surface area contributed by atoms with Crippen LogP contribution in [-0.2, 0) is 27.2 Å². The highest BCUT2D eigenvalue weighted by molar-refractivity contribution is 6.24. The van der Waals surface area contributed by atoms with Crippen LogP contribution in [-0.4, -0.2) is 47.0 Å².